The van der Waals surface area contributed by atoms with Crippen molar-refractivity contribution in [3.8, 4) is 0 Å². The van der Waals surface area contributed by atoms with Crippen LogP contribution in [0.25, 0.3) is 0 Å². The monoisotopic (exact) mass is 223 g/mol. The minimum Gasteiger partial charge on any atom is -0.432 e. The number of hydrogen-bond acceptors (Lipinski definition) is 4. The maximum atomic E-state index is 5.46. The van der Waals surface area contributed by atoms with E-state index >= 15 is 0 Å². The predicted octanol–water partition coefficient (Wildman–Crippen LogP) is 2.18. The molecule has 0 saturated heterocycles. The van der Waals surface area contributed by atoms with Gasteiger partial charge in [-0.1, -0.05) is 13.0 Å². The van der Waals surface area contributed by atoms with Crippen molar-refractivity contribution >= 4 is 6.01 Å². The Bertz CT molecular complexity index is 320. The van der Waals surface area contributed by atoms with Crippen LogP contribution >= 0.6 is 0 Å². The van der Waals surface area contributed by atoms with Gasteiger partial charge in [0, 0.05) is 19.1 Å². The molecule has 0 radical (unpaired) electrons. The van der Waals surface area contributed by atoms with E-state index in [2.05, 4.69) is 42.6 Å². The summed E-state index contributed by atoms with van der Waals surface area (Å²) in [6, 6.07) is 1.02. The molecule has 1 aromatic heterocycles. The zero-order valence-corrected chi connectivity index (χ0v) is 10.4. The van der Waals surface area contributed by atoms with Crippen LogP contribution in [0.2, 0.25) is 0 Å². The van der Waals surface area contributed by atoms with Crippen LogP contribution in [0.1, 0.15) is 26.5 Å². The zero-order chi connectivity index (χ0) is 12.0. The molecule has 0 spiro atoms. The molecule has 0 fully saturated rings. The van der Waals surface area contributed by atoms with E-state index in [0.717, 1.165) is 25.3 Å². The molecule has 0 aliphatic rings. The van der Waals surface area contributed by atoms with E-state index in [1.165, 1.54) is 0 Å². The fraction of sp³-hybridized carbons (Fsp3) is 0.583. The second kappa shape index (κ2) is 6.33. The first-order valence-corrected chi connectivity index (χ1v) is 5.71. The van der Waals surface area contributed by atoms with Gasteiger partial charge >= 0.3 is 0 Å². The molecule has 0 aromatic carbocycles. The van der Waals surface area contributed by atoms with Crippen LogP contribution in [0.15, 0.2) is 23.3 Å². The summed E-state index contributed by atoms with van der Waals surface area (Å²) in [6.45, 7) is 12.5. The normalized spacial score (nSPS) is 10.8. The molecule has 90 valence electrons. The molecular weight excluding hydrogens is 202 g/mol. The molecule has 0 saturated carbocycles. The van der Waals surface area contributed by atoms with Gasteiger partial charge in [-0.3, -0.25) is 0 Å². The smallest absolute Gasteiger partial charge is 0.297 e. The highest BCUT2D eigenvalue weighted by atomic mass is 16.4. The van der Waals surface area contributed by atoms with Gasteiger partial charge in [0.1, 0.15) is 6.26 Å². The van der Waals surface area contributed by atoms with Crippen molar-refractivity contribution in [3.63, 3.8) is 0 Å². The molecule has 4 heteroatoms. The topological polar surface area (TPSA) is 41.3 Å². The molecule has 0 aliphatic heterocycles. The lowest BCUT2D eigenvalue weighted by atomic mass is 10.3. The molecule has 1 rings (SSSR count). The SMILES string of the molecule is C=CCN(c1nc(CNCC)co1)C(C)C. The standard InChI is InChI=1S/C12H21N3O/c1-5-7-15(10(3)4)12-14-11(9-16-12)8-13-6-2/h5,9-10,13H,1,6-8H2,2-4H3. The summed E-state index contributed by atoms with van der Waals surface area (Å²) >= 11 is 0. The third kappa shape index (κ3) is 3.38. The first-order chi connectivity index (χ1) is 7.69. The van der Waals surface area contributed by atoms with Crippen LogP contribution in [0, 0.1) is 0 Å². The highest BCUT2D eigenvalue weighted by molar-refractivity contribution is 5.29. The maximum absolute atomic E-state index is 5.46. The zero-order valence-electron chi connectivity index (χ0n) is 10.4. The number of aromatic nitrogens is 1. The summed E-state index contributed by atoms with van der Waals surface area (Å²) < 4.78 is 5.46. The quantitative estimate of drug-likeness (QED) is 0.719. The van der Waals surface area contributed by atoms with Crippen molar-refractivity contribution in [1.29, 1.82) is 0 Å². The van der Waals surface area contributed by atoms with Gasteiger partial charge in [0.2, 0.25) is 0 Å². The molecule has 4 nitrogen and oxygen atoms in total. The van der Waals surface area contributed by atoms with E-state index in [9.17, 15) is 0 Å². The minimum absolute atomic E-state index is 0.351. The van der Waals surface area contributed by atoms with Gasteiger partial charge in [-0.05, 0) is 20.4 Å². The summed E-state index contributed by atoms with van der Waals surface area (Å²) in [7, 11) is 0. The third-order valence-electron chi connectivity index (χ3n) is 2.29. The van der Waals surface area contributed by atoms with Crippen LogP contribution in [0.3, 0.4) is 0 Å². The molecule has 0 atom stereocenters. The van der Waals surface area contributed by atoms with Crippen molar-refractivity contribution in [2.45, 2.75) is 33.4 Å². The molecule has 0 aliphatic carbocycles. The number of oxazole rings is 1. The number of nitrogens with one attached hydrogen (secondary N) is 1. The Balaban J connectivity index is 2.69. The Morgan fingerprint density at radius 1 is 1.62 bits per heavy atom. The lowest BCUT2D eigenvalue weighted by Gasteiger charge is -2.22. The molecule has 0 amide bonds. The average molecular weight is 223 g/mol. The van der Waals surface area contributed by atoms with Crippen LogP contribution < -0.4 is 10.2 Å². The Hall–Kier alpha value is -1.29. The predicted molar refractivity (Wildman–Crippen MR) is 66.6 cm³/mol. The van der Waals surface area contributed by atoms with Gasteiger partial charge in [-0.15, -0.1) is 6.58 Å². The summed E-state index contributed by atoms with van der Waals surface area (Å²) in [5.74, 6) is 0. The van der Waals surface area contributed by atoms with Gasteiger partial charge in [0.25, 0.3) is 6.01 Å². The maximum Gasteiger partial charge on any atom is 0.297 e. The second-order valence-corrected chi connectivity index (χ2v) is 3.94. The highest BCUT2D eigenvalue weighted by Gasteiger charge is 2.14. The van der Waals surface area contributed by atoms with Gasteiger partial charge in [0.05, 0.1) is 5.69 Å². The van der Waals surface area contributed by atoms with E-state index in [1.54, 1.807) is 6.26 Å². The van der Waals surface area contributed by atoms with Crippen LogP contribution in [0.4, 0.5) is 6.01 Å². The minimum atomic E-state index is 0.351. The molecule has 0 bridgehead atoms. The van der Waals surface area contributed by atoms with Crippen molar-refractivity contribution in [1.82, 2.24) is 10.3 Å². The third-order valence-corrected chi connectivity index (χ3v) is 2.29. The molecule has 1 aromatic rings. The molecule has 1 N–H and O–H groups in total. The van der Waals surface area contributed by atoms with E-state index in [0.29, 0.717) is 12.1 Å². The van der Waals surface area contributed by atoms with E-state index in [1.807, 2.05) is 6.08 Å². The van der Waals surface area contributed by atoms with Crippen LogP contribution in [0.5, 0.6) is 0 Å². The number of hydrogen-bond donors (Lipinski definition) is 1. The molecular formula is C12H21N3O. The lowest BCUT2D eigenvalue weighted by Crippen LogP contribution is -2.31. The number of anilines is 1. The average Bonchev–Trinajstić information content (AvgIpc) is 2.70. The van der Waals surface area contributed by atoms with Gasteiger partial charge in [-0.2, -0.15) is 4.98 Å². The summed E-state index contributed by atoms with van der Waals surface area (Å²) in [4.78, 5) is 6.51. The Morgan fingerprint density at radius 2 is 2.38 bits per heavy atom. The van der Waals surface area contributed by atoms with E-state index in [4.69, 9.17) is 4.42 Å². The van der Waals surface area contributed by atoms with Crippen LogP contribution in [-0.2, 0) is 6.54 Å². The van der Waals surface area contributed by atoms with Crippen molar-refractivity contribution in [2.24, 2.45) is 0 Å². The van der Waals surface area contributed by atoms with Gasteiger partial charge in [-0.25, -0.2) is 0 Å². The van der Waals surface area contributed by atoms with Crippen molar-refractivity contribution in [3.05, 3.63) is 24.6 Å². The summed E-state index contributed by atoms with van der Waals surface area (Å²) in [5, 5.41) is 3.22. The molecule has 0 unspecified atom stereocenters. The highest BCUT2D eigenvalue weighted by Crippen LogP contribution is 2.16. The Labute approximate surface area is 97.3 Å². The largest absolute Gasteiger partial charge is 0.432 e. The van der Waals surface area contributed by atoms with Gasteiger partial charge < -0.3 is 14.6 Å². The molecule has 16 heavy (non-hydrogen) atoms. The van der Waals surface area contributed by atoms with Crippen molar-refractivity contribution < 1.29 is 4.42 Å². The van der Waals surface area contributed by atoms with Crippen molar-refractivity contribution in [2.75, 3.05) is 18.0 Å². The summed E-state index contributed by atoms with van der Waals surface area (Å²) in [5.41, 5.74) is 0.937. The molecule has 1 heterocycles. The van der Waals surface area contributed by atoms with E-state index < -0.39 is 0 Å². The fourth-order valence-corrected chi connectivity index (χ4v) is 1.41. The first-order valence-electron chi connectivity index (χ1n) is 5.71. The Kier molecular flexibility index (Phi) is 5.05. The second-order valence-electron chi connectivity index (χ2n) is 3.94. The number of rotatable bonds is 7. The first kappa shape index (κ1) is 12.8. The summed E-state index contributed by atoms with van der Waals surface area (Å²) in [6.07, 6.45) is 3.56. The number of nitrogens with zero attached hydrogens (tertiary/aromatic N) is 2. The Morgan fingerprint density at radius 3 is 2.94 bits per heavy atom. The lowest BCUT2D eigenvalue weighted by molar-refractivity contribution is 0.520. The van der Waals surface area contributed by atoms with Crippen LogP contribution in [-0.4, -0.2) is 24.1 Å². The van der Waals surface area contributed by atoms with E-state index in [-0.39, 0.29) is 0 Å². The van der Waals surface area contributed by atoms with Gasteiger partial charge in [0.15, 0.2) is 0 Å². The fourth-order valence-electron chi connectivity index (χ4n) is 1.41.